The normalized spacial score (nSPS) is 19.9. The summed E-state index contributed by atoms with van der Waals surface area (Å²) in [4.78, 5) is 28.4. The lowest BCUT2D eigenvalue weighted by Crippen LogP contribution is -2.47. The molecule has 0 bridgehead atoms. The van der Waals surface area contributed by atoms with Gasteiger partial charge in [0, 0.05) is 26.1 Å². The highest BCUT2D eigenvalue weighted by atomic mass is 16.6. The van der Waals surface area contributed by atoms with Gasteiger partial charge in [0.05, 0.1) is 6.54 Å². The molecule has 1 atom stereocenters. The number of carbonyl (C=O) groups excluding carboxylic acids is 2. The molecule has 2 heterocycles. The SMILES string of the molecule is CN(C[C@H]1COc2ccccc2O1)C(=O)C1CCN(C(=O)OC(C)(C)C)CC1. The second-order valence-corrected chi connectivity index (χ2v) is 8.46. The molecule has 1 fully saturated rings. The lowest BCUT2D eigenvalue weighted by molar-refractivity contribution is -0.137. The fraction of sp³-hybridized carbons (Fsp3) is 0.619. The van der Waals surface area contributed by atoms with Crippen molar-refractivity contribution in [2.75, 3.05) is 33.3 Å². The van der Waals surface area contributed by atoms with Crippen molar-refractivity contribution in [3.05, 3.63) is 24.3 Å². The molecular formula is C21H30N2O5. The van der Waals surface area contributed by atoms with Crippen molar-refractivity contribution in [2.24, 2.45) is 5.92 Å². The summed E-state index contributed by atoms with van der Waals surface area (Å²) in [5.74, 6) is 1.46. The van der Waals surface area contributed by atoms with Crippen LogP contribution in [-0.4, -0.2) is 66.8 Å². The monoisotopic (exact) mass is 390 g/mol. The molecular weight excluding hydrogens is 360 g/mol. The van der Waals surface area contributed by atoms with Crippen molar-refractivity contribution in [1.29, 1.82) is 0 Å². The Kier molecular flexibility index (Phi) is 6.01. The highest BCUT2D eigenvalue weighted by Crippen LogP contribution is 2.31. The highest BCUT2D eigenvalue weighted by Gasteiger charge is 2.32. The van der Waals surface area contributed by atoms with Crippen LogP contribution in [0.15, 0.2) is 24.3 Å². The molecule has 0 aliphatic carbocycles. The van der Waals surface area contributed by atoms with Gasteiger partial charge in [0.2, 0.25) is 5.91 Å². The van der Waals surface area contributed by atoms with Crippen molar-refractivity contribution in [2.45, 2.75) is 45.3 Å². The molecule has 0 radical (unpaired) electrons. The molecule has 1 aromatic rings. The fourth-order valence-corrected chi connectivity index (χ4v) is 3.50. The lowest BCUT2D eigenvalue weighted by atomic mass is 9.95. The zero-order valence-electron chi connectivity index (χ0n) is 17.1. The van der Waals surface area contributed by atoms with Gasteiger partial charge < -0.3 is 24.0 Å². The van der Waals surface area contributed by atoms with Crippen LogP contribution in [0, 0.1) is 5.92 Å². The topological polar surface area (TPSA) is 68.3 Å². The van der Waals surface area contributed by atoms with Crippen LogP contribution in [-0.2, 0) is 9.53 Å². The summed E-state index contributed by atoms with van der Waals surface area (Å²) in [6.07, 6.45) is 0.796. The minimum atomic E-state index is -0.509. The molecule has 0 spiro atoms. The molecule has 7 nitrogen and oxygen atoms in total. The van der Waals surface area contributed by atoms with E-state index in [2.05, 4.69) is 0 Å². The Hall–Kier alpha value is -2.44. The van der Waals surface area contributed by atoms with Gasteiger partial charge in [0.15, 0.2) is 17.6 Å². The molecule has 3 rings (SSSR count). The van der Waals surface area contributed by atoms with Crippen LogP contribution in [0.5, 0.6) is 11.5 Å². The lowest BCUT2D eigenvalue weighted by Gasteiger charge is -2.35. The molecule has 2 aliphatic rings. The third kappa shape index (κ3) is 5.09. The Morgan fingerprint density at radius 2 is 1.82 bits per heavy atom. The van der Waals surface area contributed by atoms with E-state index >= 15 is 0 Å². The first-order valence-electron chi connectivity index (χ1n) is 9.84. The van der Waals surface area contributed by atoms with Crippen LogP contribution in [0.1, 0.15) is 33.6 Å². The number of hydrogen-bond donors (Lipinski definition) is 0. The molecule has 0 N–H and O–H groups in total. The standard InChI is InChI=1S/C21H30N2O5/c1-21(2,3)28-20(25)23-11-9-15(10-12-23)19(24)22(4)13-16-14-26-17-7-5-6-8-18(17)27-16/h5-8,15-16H,9-14H2,1-4H3/t16-/m0/s1. The molecule has 0 saturated carbocycles. The summed E-state index contributed by atoms with van der Waals surface area (Å²) in [5, 5.41) is 0. The van der Waals surface area contributed by atoms with Gasteiger partial charge in [0.25, 0.3) is 0 Å². The Morgan fingerprint density at radius 1 is 1.18 bits per heavy atom. The maximum absolute atomic E-state index is 12.8. The van der Waals surface area contributed by atoms with E-state index in [9.17, 15) is 9.59 Å². The van der Waals surface area contributed by atoms with Crippen molar-refractivity contribution < 1.29 is 23.8 Å². The fourth-order valence-electron chi connectivity index (χ4n) is 3.50. The minimum Gasteiger partial charge on any atom is -0.486 e. The number of piperidine rings is 1. The van der Waals surface area contributed by atoms with Gasteiger partial charge in [0.1, 0.15) is 12.2 Å². The second kappa shape index (κ2) is 8.29. The van der Waals surface area contributed by atoms with Gasteiger partial charge in [-0.15, -0.1) is 0 Å². The quantitative estimate of drug-likeness (QED) is 0.794. The van der Waals surface area contributed by atoms with Gasteiger partial charge in [-0.3, -0.25) is 4.79 Å². The zero-order chi connectivity index (χ0) is 20.3. The van der Waals surface area contributed by atoms with E-state index in [4.69, 9.17) is 14.2 Å². The van der Waals surface area contributed by atoms with Crippen molar-refractivity contribution >= 4 is 12.0 Å². The summed E-state index contributed by atoms with van der Waals surface area (Å²) in [7, 11) is 1.80. The molecule has 7 heteroatoms. The summed E-state index contributed by atoms with van der Waals surface area (Å²) in [6, 6.07) is 7.55. The van der Waals surface area contributed by atoms with Crippen LogP contribution in [0.2, 0.25) is 0 Å². The van der Waals surface area contributed by atoms with Gasteiger partial charge in [-0.2, -0.15) is 0 Å². The van der Waals surface area contributed by atoms with Gasteiger partial charge >= 0.3 is 6.09 Å². The summed E-state index contributed by atoms with van der Waals surface area (Å²) in [6.45, 7) is 7.53. The third-order valence-corrected chi connectivity index (χ3v) is 4.92. The molecule has 1 saturated heterocycles. The number of benzene rings is 1. The molecule has 2 amide bonds. The smallest absolute Gasteiger partial charge is 0.410 e. The van der Waals surface area contributed by atoms with Crippen LogP contribution in [0.3, 0.4) is 0 Å². The number of likely N-dealkylation sites (tertiary alicyclic amines) is 1. The number of nitrogens with zero attached hydrogens (tertiary/aromatic N) is 2. The second-order valence-electron chi connectivity index (χ2n) is 8.46. The van der Waals surface area contributed by atoms with Gasteiger partial charge in [-0.25, -0.2) is 4.79 Å². The number of para-hydroxylation sites is 2. The number of rotatable bonds is 3. The summed E-state index contributed by atoms with van der Waals surface area (Å²) < 4.78 is 17.1. The Labute approximate surface area is 166 Å². The minimum absolute atomic E-state index is 0.0829. The predicted octanol–water partition coefficient (Wildman–Crippen LogP) is 2.93. The van der Waals surface area contributed by atoms with E-state index in [-0.39, 0.29) is 24.0 Å². The van der Waals surface area contributed by atoms with E-state index in [0.29, 0.717) is 44.8 Å². The number of carbonyl (C=O) groups is 2. The van der Waals surface area contributed by atoms with E-state index in [1.54, 1.807) is 16.8 Å². The molecule has 28 heavy (non-hydrogen) atoms. The molecule has 0 unspecified atom stereocenters. The van der Waals surface area contributed by atoms with Gasteiger partial charge in [-0.05, 0) is 45.7 Å². The Balaban J connectivity index is 1.47. The molecule has 154 valence electrons. The first-order chi connectivity index (χ1) is 13.2. The summed E-state index contributed by atoms with van der Waals surface area (Å²) >= 11 is 0. The number of amides is 2. The average molecular weight is 390 g/mol. The van der Waals surface area contributed by atoms with E-state index < -0.39 is 5.60 Å². The van der Waals surface area contributed by atoms with Gasteiger partial charge in [-0.1, -0.05) is 12.1 Å². The van der Waals surface area contributed by atoms with Crippen LogP contribution in [0.25, 0.3) is 0 Å². The summed E-state index contributed by atoms with van der Waals surface area (Å²) in [5.41, 5.74) is -0.509. The molecule has 2 aliphatic heterocycles. The number of fused-ring (bicyclic) bond motifs is 1. The van der Waals surface area contributed by atoms with E-state index in [1.807, 2.05) is 45.0 Å². The van der Waals surface area contributed by atoms with E-state index in [1.165, 1.54) is 0 Å². The predicted molar refractivity (Wildman–Crippen MR) is 105 cm³/mol. The van der Waals surface area contributed by atoms with Crippen molar-refractivity contribution in [3.63, 3.8) is 0 Å². The Morgan fingerprint density at radius 3 is 2.46 bits per heavy atom. The average Bonchev–Trinajstić information content (AvgIpc) is 2.66. The Bertz CT molecular complexity index is 707. The number of ether oxygens (including phenoxy) is 3. The third-order valence-electron chi connectivity index (χ3n) is 4.92. The first-order valence-corrected chi connectivity index (χ1v) is 9.84. The van der Waals surface area contributed by atoms with Crippen molar-refractivity contribution in [1.82, 2.24) is 9.80 Å². The maximum Gasteiger partial charge on any atom is 0.410 e. The van der Waals surface area contributed by atoms with Crippen LogP contribution < -0.4 is 9.47 Å². The molecule has 0 aromatic heterocycles. The van der Waals surface area contributed by atoms with E-state index in [0.717, 1.165) is 5.75 Å². The zero-order valence-corrected chi connectivity index (χ0v) is 17.1. The number of hydrogen-bond acceptors (Lipinski definition) is 5. The van der Waals surface area contributed by atoms with Crippen LogP contribution in [0.4, 0.5) is 4.79 Å². The number of likely N-dealkylation sites (N-methyl/N-ethyl adjacent to an activating group) is 1. The van der Waals surface area contributed by atoms with Crippen LogP contribution >= 0.6 is 0 Å². The largest absolute Gasteiger partial charge is 0.486 e. The molecule has 1 aromatic carbocycles. The highest BCUT2D eigenvalue weighted by molar-refractivity contribution is 5.79. The maximum atomic E-state index is 12.8. The van der Waals surface area contributed by atoms with Crippen molar-refractivity contribution in [3.8, 4) is 11.5 Å². The first kappa shape index (κ1) is 20.3.